The summed E-state index contributed by atoms with van der Waals surface area (Å²) < 4.78 is 8.39. The molecule has 0 saturated heterocycles. The highest BCUT2D eigenvalue weighted by Crippen LogP contribution is 2.40. The first-order valence-electron chi connectivity index (χ1n) is 15.0. The lowest BCUT2D eigenvalue weighted by Crippen LogP contribution is -2.00. The maximum atomic E-state index is 7.73. The predicted molar refractivity (Wildman–Crippen MR) is 184 cm³/mol. The largest absolute Gasteiger partial charge is 0.457 e. The maximum absolute atomic E-state index is 7.73. The molecule has 9 aromatic rings. The molecule has 0 spiro atoms. The molecule has 0 fully saturated rings. The number of rotatable bonds is 4. The first-order chi connectivity index (χ1) is 22.8. The number of fused-ring (bicyclic) bond motifs is 6. The van der Waals surface area contributed by atoms with Crippen molar-refractivity contribution < 1.29 is 4.42 Å². The lowest BCUT2D eigenvalue weighted by molar-refractivity contribution is 0.669. The molecule has 3 heterocycles. The van der Waals surface area contributed by atoms with E-state index in [1.807, 2.05) is 72.8 Å². The third-order valence-corrected chi connectivity index (χ3v) is 8.47. The van der Waals surface area contributed by atoms with E-state index >= 15 is 0 Å². The van der Waals surface area contributed by atoms with Crippen LogP contribution in [0.4, 0.5) is 5.69 Å². The Morgan fingerprint density at radius 1 is 0.522 bits per heavy atom. The Balaban J connectivity index is 1.33. The summed E-state index contributed by atoms with van der Waals surface area (Å²) in [6, 6.07) is 46.6. The molecule has 0 atom stereocenters. The van der Waals surface area contributed by atoms with Crippen LogP contribution in [-0.4, -0.2) is 19.5 Å². The fourth-order valence-electron chi connectivity index (χ4n) is 6.44. The van der Waals surface area contributed by atoms with Crippen LogP contribution in [0.3, 0.4) is 0 Å². The lowest BCUT2D eigenvalue weighted by atomic mass is 10.0. The SMILES string of the molecule is [C-]#[N+]c1cccc2oc3ccc(-c4nc(-c5ccccc5)nc(-c5cccc6c5c5ccccc5n6-c5ccccc5)n4)cc3c12. The number of furan rings is 1. The van der Waals surface area contributed by atoms with E-state index in [4.69, 9.17) is 25.9 Å². The van der Waals surface area contributed by atoms with Gasteiger partial charge in [0.15, 0.2) is 23.2 Å². The third-order valence-electron chi connectivity index (χ3n) is 8.47. The summed E-state index contributed by atoms with van der Waals surface area (Å²) in [7, 11) is 0. The Morgan fingerprint density at radius 3 is 2.04 bits per heavy atom. The van der Waals surface area contributed by atoms with Crippen molar-refractivity contribution in [2.45, 2.75) is 0 Å². The standard InChI is InChI=1S/C40H23N5O/c1-41-31-18-11-21-35-37(31)30-24-26(22-23-34(30)46-35)39-42-38(25-12-4-2-5-13-25)43-40(44-39)29-17-10-20-33-36(29)28-16-8-9-19-32(28)45(33)27-14-6-3-7-15-27/h2-24H. The molecule has 0 unspecified atom stereocenters. The van der Waals surface area contributed by atoms with E-state index in [0.29, 0.717) is 34.3 Å². The first-order valence-corrected chi connectivity index (χ1v) is 15.0. The topological polar surface area (TPSA) is 61.1 Å². The molecule has 6 aromatic carbocycles. The van der Waals surface area contributed by atoms with Crippen molar-refractivity contribution in [1.82, 2.24) is 19.5 Å². The van der Waals surface area contributed by atoms with Gasteiger partial charge in [0.05, 0.1) is 17.6 Å². The van der Waals surface area contributed by atoms with Crippen LogP contribution in [-0.2, 0) is 0 Å². The smallest absolute Gasteiger partial charge is 0.198 e. The third kappa shape index (κ3) is 4.00. The Morgan fingerprint density at radius 2 is 1.22 bits per heavy atom. The van der Waals surface area contributed by atoms with Gasteiger partial charge in [-0.25, -0.2) is 19.8 Å². The number of hydrogen-bond donors (Lipinski definition) is 0. The second-order valence-corrected chi connectivity index (χ2v) is 11.1. The quantitative estimate of drug-likeness (QED) is 0.192. The van der Waals surface area contributed by atoms with Gasteiger partial charge in [0.25, 0.3) is 0 Å². The monoisotopic (exact) mass is 589 g/mol. The van der Waals surface area contributed by atoms with Crippen molar-refractivity contribution >= 4 is 49.4 Å². The average Bonchev–Trinajstić information content (AvgIpc) is 3.68. The van der Waals surface area contributed by atoms with Gasteiger partial charge in [-0.2, -0.15) is 0 Å². The second-order valence-electron chi connectivity index (χ2n) is 11.1. The van der Waals surface area contributed by atoms with E-state index in [9.17, 15) is 0 Å². The molecule has 0 N–H and O–H groups in total. The Kier molecular flexibility index (Phi) is 5.77. The van der Waals surface area contributed by atoms with Gasteiger partial charge in [-0.1, -0.05) is 91.0 Å². The molecule has 0 bridgehead atoms. The fourth-order valence-corrected chi connectivity index (χ4v) is 6.44. The fraction of sp³-hybridized carbons (Fsp3) is 0. The predicted octanol–water partition coefficient (Wildman–Crippen LogP) is 10.4. The molecule has 0 amide bonds. The zero-order valence-electron chi connectivity index (χ0n) is 24.4. The maximum Gasteiger partial charge on any atom is 0.198 e. The van der Waals surface area contributed by atoms with E-state index in [2.05, 4.69) is 76.1 Å². The minimum atomic E-state index is 0.546. The number of hydrogen-bond acceptors (Lipinski definition) is 4. The zero-order chi connectivity index (χ0) is 30.6. The first kappa shape index (κ1) is 25.9. The van der Waals surface area contributed by atoms with Crippen molar-refractivity contribution in [1.29, 1.82) is 0 Å². The highest BCUT2D eigenvalue weighted by atomic mass is 16.3. The Labute approximate surface area is 263 Å². The van der Waals surface area contributed by atoms with Crippen LogP contribution < -0.4 is 0 Å². The lowest BCUT2D eigenvalue weighted by Gasteiger charge is -2.10. The van der Waals surface area contributed by atoms with Gasteiger partial charge in [-0.05, 0) is 48.5 Å². The summed E-state index contributed by atoms with van der Waals surface area (Å²) in [5.74, 6) is 1.72. The molecule has 0 aliphatic carbocycles. The van der Waals surface area contributed by atoms with Crippen LogP contribution in [0.1, 0.15) is 0 Å². The molecule has 0 aliphatic rings. The van der Waals surface area contributed by atoms with Crippen LogP contribution in [0.25, 0.3) is 88.4 Å². The number of para-hydroxylation sites is 2. The molecule has 3 aromatic heterocycles. The van der Waals surface area contributed by atoms with Crippen molar-refractivity contribution in [3.63, 3.8) is 0 Å². The van der Waals surface area contributed by atoms with E-state index in [1.165, 1.54) is 0 Å². The van der Waals surface area contributed by atoms with Gasteiger partial charge in [-0.3, -0.25) is 0 Å². The van der Waals surface area contributed by atoms with Gasteiger partial charge >= 0.3 is 0 Å². The molecule has 0 radical (unpaired) electrons. The molecule has 46 heavy (non-hydrogen) atoms. The summed E-state index contributed by atoms with van der Waals surface area (Å²) in [6.45, 7) is 7.73. The van der Waals surface area contributed by atoms with Crippen molar-refractivity contribution in [3.05, 3.63) is 151 Å². The molecule has 0 aliphatic heterocycles. The molecule has 9 rings (SSSR count). The molecule has 6 heteroatoms. The summed E-state index contributed by atoms with van der Waals surface area (Å²) in [5.41, 5.74) is 7.87. The molecule has 0 saturated carbocycles. The van der Waals surface area contributed by atoms with Gasteiger partial charge in [0.1, 0.15) is 11.2 Å². The zero-order valence-corrected chi connectivity index (χ0v) is 24.4. The number of aromatic nitrogens is 4. The molecular formula is C40H23N5O. The van der Waals surface area contributed by atoms with Gasteiger partial charge < -0.3 is 8.98 Å². The highest BCUT2D eigenvalue weighted by Gasteiger charge is 2.20. The minimum Gasteiger partial charge on any atom is -0.457 e. The highest BCUT2D eigenvalue weighted by molar-refractivity contribution is 6.15. The second kappa shape index (κ2) is 10.3. The van der Waals surface area contributed by atoms with Crippen LogP contribution in [0.5, 0.6) is 0 Å². The van der Waals surface area contributed by atoms with Gasteiger partial charge in [-0.15, -0.1) is 0 Å². The number of benzene rings is 6. The van der Waals surface area contributed by atoms with Crippen molar-refractivity contribution in [2.75, 3.05) is 0 Å². The Hall–Kier alpha value is -6.58. The average molecular weight is 590 g/mol. The van der Waals surface area contributed by atoms with Crippen LogP contribution in [0.15, 0.2) is 144 Å². The molecular weight excluding hydrogens is 566 g/mol. The summed E-state index contributed by atoms with van der Waals surface area (Å²) in [6.07, 6.45) is 0. The number of nitrogens with zero attached hydrogens (tertiary/aromatic N) is 5. The van der Waals surface area contributed by atoms with Crippen molar-refractivity contribution in [3.8, 4) is 39.9 Å². The van der Waals surface area contributed by atoms with E-state index in [1.54, 1.807) is 0 Å². The van der Waals surface area contributed by atoms with E-state index in [0.717, 1.165) is 55.0 Å². The molecule has 6 nitrogen and oxygen atoms in total. The van der Waals surface area contributed by atoms with Gasteiger partial charge in [0, 0.05) is 43.9 Å². The van der Waals surface area contributed by atoms with Crippen LogP contribution in [0.2, 0.25) is 0 Å². The summed E-state index contributed by atoms with van der Waals surface area (Å²) in [5, 5.41) is 3.86. The normalized spacial score (nSPS) is 11.5. The van der Waals surface area contributed by atoms with Crippen LogP contribution >= 0.6 is 0 Å². The summed E-state index contributed by atoms with van der Waals surface area (Å²) >= 11 is 0. The molecule has 214 valence electrons. The minimum absolute atomic E-state index is 0.546. The van der Waals surface area contributed by atoms with Crippen molar-refractivity contribution in [2.24, 2.45) is 0 Å². The van der Waals surface area contributed by atoms with E-state index < -0.39 is 0 Å². The Bertz CT molecular complexity index is 2650. The van der Waals surface area contributed by atoms with Gasteiger partial charge in [0.2, 0.25) is 0 Å². The van der Waals surface area contributed by atoms with E-state index in [-0.39, 0.29) is 0 Å². The summed E-state index contributed by atoms with van der Waals surface area (Å²) in [4.78, 5) is 19.0. The van der Waals surface area contributed by atoms with Crippen LogP contribution in [0, 0.1) is 6.57 Å².